The van der Waals surface area contributed by atoms with Gasteiger partial charge in [0.05, 0.1) is 15.6 Å². The van der Waals surface area contributed by atoms with Crippen molar-refractivity contribution in [2.75, 3.05) is 17.2 Å². The first kappa shape index (κ1) is 18.7. The zero-order valence-corrected chi connectivity index (χ0v) is 16.3. The van der Waals surface area contributed by atoms with Crippen LogP contribution in [0.4, 0.5) is 15.5 Å². The molecule has 0 spiro atoms. The first-order valence-corrected chi connectivity index (χ1v) is 9.93. The Labute approximate surface area is 171 Å². The highest BCUT2D eigenvalue weighted by Crippen LogP contribution is 2.22. The molecule has 0 aliphatic heterocycles. The molecule has 0 unspecified atom stereocenters. The number of aromatic nitrogens is 2. The van der Waals surface area contributed by atoms with Crippen LogP contribution in [-0.4, -0.2) is 27.9 Å². The second-order valence-electron chi connectivity index (χ2n) is 6.31. The molecule has 3 N–H and O–H groups in total. The van der Waals surface area contributed by atoms with Gasteiger partial charge in [0, 0.05) is 31.0 Å². The fourth-order valence-corrected chi connectivity index (χ4v) is 3.64. The fraction of sp³-hybridized carbons (Fsp3) is 0.0952. The molecule has 3 heterocycles. The third-order valence-electron chi connectivity index (χ3n) is 4.18. The van der Waals surface area contributed by atoms with Crippen molar-refractivity contribution in [1.29, 1.82) is 0 Å². The van der Waals surface area contributed by atoms with Gasteiger partial charge in [0.2, 0.25) is 0 Å². The number of nitrogens with zero attached hydrogens (tertiary/aromatic N) is 2. The van der Waals surface area contributed by atoms with Crippen LogP contribution in [0.3, 0.4) is 0 Å². The Morgan fingerprint density at radius 3 is 2.62 bits per heavy atom. The van der Waals surface area contributed by atoms with Gasteiger partial charge >= 0.3 is 6.03 Å². The predicted molar refractivity (Wildman–Crippen MR) is 115 cm³/mol. The van der Waals surface area contributed by atoms with E-state index in [1.165, 1.54) is 11.3 Å². The third kappa shape index (κ3) is 4.80. The van der Waals surface area contributed by atoms with Crippen LogP contribution in [0.2, 0.25) is 0 Å². The van der Waals surface area contributed by atoms with Crippen molar-refractivity contribution in [3.63, 3.8) is 0 Å². The summed E-state index contributed by atoms with van der Waals surface area (Å²) in [4.78, 5) is 29.4. The summed E-state index contributed by atoms with van der Waals surface area (Å²) in [6.07, 6.45) is 4.54. The molecular weight excluding hydrogens is 386 g/mol. The van der Waals surface area contributed by atoms with Crippen LogP contribution in [0.25, 0.3) is 5.65 Å². The van der Waals surface area contributed by atoms with Crippen LogP contribution in [0.5, 0.6) is 0 Å². The van der Waals surface area contributed by atoms with Gasteiger partial charge in [-0.05, 0) is 36.4 Å². The number of imidazole rings is 1. The molecule has 0 saturated carbocycles. The molecule has 0 atom stereocenters. The Morgan fingerprint density at radius 1 is 0.966 bits per heavy atom. The number of carbonyl (C=O) groups is 2. The summed E-state index contributed by atoms with van der Waals surface area (Å²) >= 11 is 1.23. The number of urea groups is 1. The lowest BCUT2D eigenvalue weighted by atomic mass is 10.3. The van der Waals surface area contributed by atoms with Gasteiger partial charge in [-0.15, -0.1) is 11.3 Å². The molecule has 3 amide bonds. The topological polar surface area (TPSA) is 87.5 Å². The minimum absolute atomic E-state index is 0.171. The molecule has 3 aromatic heterocycles. The molecule has 4 rings (SSSR count). The van der Waals surface area contributed by atoms with Gasteiger partial charge < -0.3 is 15.0 Å². The fourth-order valence-electron chi connectivity index (χ4n) is 2.82. The average molecular weight is 405 g/mol. The maximum Gasteiger partial charge on any atom is 0.324 e. The van der Waals surface area contributed by atoms with Crippen LogP contribution < -0.4 is 16.0 Å². The standard InChI is InChI=1S/C21H19N5O2S/c27-20(22-12-11-16-14-26-13-5-4-8-18(26)23-16)17-9-10-19(29-17)25-21(28)24-15-6-2-1-3-7-15/h1-10,13-14H,11-12H2,(H,22,27)(H2,24,25,28). The minimum atomic E-state index is -0.350. The molecule has 0 aliphatic rings. The van der Waals surface area contributed by atoms with E-state index in [1.54, 1.807) is 24.3 Å². The van der Waals surface area contributed by atoms with E-state index in [4.69, 9.17) is 0 Å². The first-order valence-electron chi connectivity index (χ1n) is 9.11. The zero-order valence-electron chi connectivity index (χ0n) is 15.5. The van der Waals surface area contributed by atoms with Gasteiger partial charge in [-0.25, -0.2) is 9.78 Å². The Morgan fingerprint density at radius 2 is 1.79 bits per heavy atom. The number of fused-ring (bicyclic) bond motifs is 1. The Balaban J connectivity index is 1.27. The molecule has 8 heteroatoms. The second kappa shape index (κ2) is 8.57. The normalized spacial score (nSPS) is 10.6. The number of amides is 3. The summed E-state index contributed by atoms with van der Waals surface area (Å²) in [5.41, 5.74) is 2.51. The van der Waals surface area contributed by atoms with E-state index in [0.29, 0.717) is 28.5 Å². The van der Waals surface area contributed by atoms with Gasteiger partial charge in [-0.2, -0.15) is 0 Å². The molecule has 0 fully saturated rings. The van der Waals surface area contributed by atoms with E-state index < -0.39 is 0 Å². The Hall–Kier alpha value is -3.65. The predicted octanol–water partition coefficient (Wildman–Crippen LogP) is 4.01. The molecule has 146 valence electrons. The van der Waals surface area contributed by atoms with Gasteiger partial charge in [0.15, 0.2) is 0 Å². The number of pyridine rings is 1. The lowest BCUT2D eigenvalue weighted by Gasteiger charge is -2.05. The van der Waals surface area contributed by atoms with E-state index in [2.05, 4.69) is 20.9 Å². The summed E-state index contributed by atoms with van der Waals surface area (Å²) in [6.45, 7) is 0.484. The minimum Gasteiger partial charge on any atom is -0.351 e. The molecule has 0 saturated heterocycles. The van der Waals surface area contributed by atoms with E-state index in [1.807, 2.05) is 53.2 Å². The van der Waals surface area contributed by atoms with Crippen LogP contribution >= 0.6 is 11.3 Å². The van der Waals surface area contributed by atoms with Crippen LogP contribution in [-0.2, 0) is 6.42 Å². The number of hydrogen-bond donors (Lipinski definition) is 3. The highest BCUT2D eigenvalue weighted by atomic mass is 32.1. The maximum atomic E-state index is 12.3. The van der Waals surface area contributed by atoms with E-state index in [0.717, 1.165) is 11.3 Å². The summed E-state index contributed by atoms with van der Waals surface area (Å²) in [5.74, 6) is -0.171. The highest BCUT2D eigenvalue weighted by molar-refractivity contribution is 7.18. The number of hydrogen-bond acceptors (Lipinski definition) is 4. The number of anilines is 2. The lowest BCUT2D eigenvalue weighted by molar-refractivity contribution is 0.0958. The number of rotatable bonds is 6. The van der Waals surface area contributed by atoms with Crippen LogP contribution in [0.15, 0.2) is 73.1 Å². The number of para-hydroxylation sites is 1. The molecule has 29 heavy (non-hydrogen) atoms. The van der Waals surface area contributed by atoms with Crippen molar-refractivity contribution in [3.8, 4) is 0 Å². The Bertz CT molecular complexity index is 1100. The average Bonchev–Trinajstić information content (AvgIpc) is 3.35. The Kier molecular flexibility index (Phi) is 5.53. The molecular formula is C21H19N5O2S. The van der Waals surface area contributed by atoms with E-state index >= 15 is 0 Å². The van der Waals surface area contributed by atoms with Crippen molar-refractivity contribution in [3.05, 3.63) is 83.6 Å². The largest absolute Gasteiger partial charge is 0.351 e. The molecule has 0 radical (unpaired) electrons. The van der Waals surface area contributed by atoms with E-state index in [9.17, 15) is 9.59 Å². The SMILES string of the molecule is O=C(Nc1ccccc1)Nc1ccc(C(=O)NCCc2cn3ccccc3n2)s1. The monoisotopic (exact) mass is 405 g/mol. The van der Waals surface area contributed by atoms with Gasteiger partial charge in [0.1, 0.15) is 5.65 Å². The first-order chi connectivity index (χ1) is 14.2. The molecule has 0 bridgehead atoms. The van der Waals surface area contributed by atoms with Gasteiger partial charge in [0.25, 0.3) is 5.91 Å². The van der Waals surface area contributed by atoms with Crippen molar-refractivity contribution in [2.45, 2.75) is 6.42 Å². The maximum absolute atomic E-state index is 12.3. The van der Waals surface area contributed by atoms with Crippen LogP contribution in [0.1, 0.15) is 15.4 Å². The highest BCUT2D eigenvalue weighted by Gasteiger charge is 2.11. The van der Waals surface area contributed by atoms with Crippen molar-refractivity contribution in [2.24, 2.45) is 0 Å². The van der Waals surface area contributed by atoms with Crippen molar-refractivity contribution < 1.29 is 9.59 Å². The summed E-state index contributed by atoms with van der Waals surface area (Å²) in [6, 6.07) is 18.1. The second-order valence-corrected chi connectivity index (χ2v) is 7.40. The van der Waals surface area contributed by atoms with Crippen molar-refractivity contribution >= 4 is 39.6 Å². The molecule has 7 nitrogen and oxygen atoms in total. The number of benzene rings is 1. The number of carbonyl (C=O) groups excluding carboxylic acids is 2. The zero-order chi connectivity index (χ0) is 20.1. The smallest absolute Gasteiger partial charge is 0.324 e. The molecule has 1 aromatic carbocycles. The summed E-state index contributed by atoms with van der Waals surface area (Å²) in [7, 11) is 0. The van der Waals surface area contributed by atoms with E-state index in [-0.39, 0.29) is 11.9 Å². The summed E-state index contributed by atoms with van der Waals surface area (Å²) < 4.78 is 1.95. The number of thiophene rings is 1. The quantitative estimate of drug-likeness (QED) is 0.453. The van der Waals surface area contributed by atoms with Crippen molar-refractivity contribution in [1.82, 2.24) is 14.7 Å². The van der Waals surface area contributed by atoms with Gasteiger partial charge in [-0.1, -0.05) is 24.3 Å². The summed E-state index contributed by atoms with van der Waals surface area (Å²) in [5, 5.41) is 8.97. The van der Waals surface area contributed by atoms with Crippen LogP contribution in [0, 0.1) is 0 Å². The third-order valence-corrected chi connectivity index (χ3v) is 5.18. The number of nitrogens with one attached hydrogen (secondary N) is 3. The molecule has 4 aromatic rings. The lowest BCUT2D eigenvalue weighted by Crippen LogP contribution is -2.24. The van der Waals surface area contributed by atoms with Gasteiger partial charge in [-0.3, -0.25) is 10.1 Å². The molecule has 0 aliphatic carbocycles.